The number of fused-ring (bicyclic) bond motifs is 2. The summed E-state index contributed by atoms with van der Waals surface area (Å²) >= 11 is 0. The predicted molar refractivity (Wildman–Crippen MR) is 204 cm³/mol. The summed E-state index contributed by atoms with van der Waals surface area (Å²) in [7, 11) is 0. The summed E-state index contributed by atoms with van der Waals surface area (Å²) in [5.41, 5.74) is 7.74. The Kier molecular flexibility index (Phi) is 10.3. The van der Waals surface area contributed by atoms with Crippen molar-refractivity contribution in [2.24, 2.45) is 0 Å². The van der Waals surface area contributed by atoms with Crippen molar-refractivity contribution in [3.05, 3.63) is 183 Å². The number of anilines is 8. The van der Waals surface area contributed by atoms with Crippen molar-refractivity contribution in [3.63, 3.8) is 0 Å². The first kappa shape index (κ1) is 34.6. The van der Waals surface area contributed by atoms with Crippen LogP contribution in [-0.4, -0.2) is 19.9 Å². The van der Waals surface area contributed by atoms with E-state index < -0.39 is 0 Å². The average molecular weight is 855 g/mol. The Hall–Kier alpha value is -5.89. The molecular weight excluding hydrogens is 821 g/mol. The largest absolute Gasteiger partial charge is 0.477 e. The van der Waals surface area contributed by atoms with Crippen LogP contribution in [0.25, 0.3) is 11.1 Å². The van der Waals surface area contributed by atoms with Crippen molar-refractivity contribution in [3.8, 4) is 11.1 Å². The molecule has 5 aromatic carbocycles. The van der Waals surface area contributed by atoms with E-state index >= 15 is 0 Å². The van der Waals surface area contributed by atoms with Gasteiger partial charge in [0.1, 0.15) is 23.3 Å². The van der Waals surface area contributed by atoms with Gasteiger partial charge < -0.3 is 19.6 Å². The van der Waals surface area contributed by atoms with Gasteiger partial charge in [0.05, 0.1) is 0 Å². The van der Waals surface area contributed by atoms with Crippen LogP contribution >= 0.6 is 0 Å². The van der Waals surface area contributed by atoms with Gasteiger partial charge in [0.15, 0.2) is 0 Å². The van der Waals surface area contributed by atoms with Crippen molar-refractivity contribution >= 4 is 46.0 Å². The van der Waals surface area contributed by atoms with E-state index in [0.29, 0.717) is 5.92 Å². The van der Waals surface area contributed by atoms with Crippen LogP contribution in [0.2, 0.25) is 0 Å². The summed E-state index contributed by atoms with van der Waals surface area (Å²) < 4.78 is 0. The monoisotopic (exact) mass is 855 g/mol. The number of hydrogen-bond acceptors (Lipinski definition) is 8. The number of nitrogens with zero attached hydrogens (tertiary/aromatic N) is 8. The topological polar surface area (TPSA) is 64.5 Å². The van der Waals surface area contributed by atoms with E-state index in [2.05, 4.69) is 104 Å². The Labute approximate surface area is 318 Å². The zero-order valence-corrected chi connectivity index (χ0v) is 31.0. The normalized spacial score (nSPS) is 12.9. The minimum absolute atomic E-state index is 0. The van der Waals surface area contributed by atoms with Crippen LogP contribution in [0.4, 0.5) is 46.0 Å². The smallest absolute Gasteiger partial charge is 0.145 e. The number of para-hydroxylation sites is 3. The van der Waals surface area contributed by atoms with Gasteiger partial charge >= 0.3 is 0 Å². The van der Waals surface area contributed by atoms with Gasteiger partial charge in [0, 0.05) is 56.3 Å². The van der Waals surface area contributed by atoms with Gasteiger partial charge in [-0.3, -0.25) is 0 Å². The molecule has 0 N–H and O–H groups in total. The Bertz CT molecular complexity index is 2170. The van der Waals surface area contributed by atoms with Crippen LogP contribution in [0.5, 0.6) is 0 Å². The SMILES string of the molecule is CC(C)c1ccccc1-c1cc[c-]c(N2[CH-]N(c3ccccc3)c3nccnc32)c1.[Ir].[c-]1ccccc1N1[CH-]N(c2ccccc2)c2nccnc21. The first-order valence-electron chi connectivity index (χ1n) is 16.8. The van der Waals surface area contributed by atoms with Gasteiger partial charge in [-0.05, 0) is 41.3 Å². The molecule has 0 amide bonds. The second-order valence-electron chi connectivity index (χ2n) is 12.2. The third-order valence-electron chi connectivity index (χ3n) is 8.66. The number of aromatic nitrogens is 4. The number of hydrogen-bond donors (Lipinski definition) is 0. The van der Waals surface area contributed by atoms with Crippen LogP contribution in [-0.2, 0) is 20.1 Å². The van der Waals surface area contributed by atoms with E-state index in [1.54, 1.807) is 24.8 Å². The second kappa shape index (κ2) is 15.6. The molecule has 0 saturated heterocycles. The van der Waals surface area contributed by atoms with Gasteiger partial charge in [0.2, 0.25) is 0 Å². The van der Waals surface area contributed by atoms with Crippen LogP contribution < -0.4 is 19.6 Å². The van der Waals surface area contributed by atoms with Gasteiger partial charge in [0.25, 0.3) is 0 Å². The molecule has 52 heavy (non-hydrogen) atoms. The van der Waals surface area contributed by atoms with Crippen LogP contribution in [0.15, 0.2) is 152 Å². The molecule has 0 aliphatic carbocycles. The Morgan fingerprint density at radius 2 is 0.981 bits per heavy atom. The van der Waals surface area contributed by atoms with E-state index in [-0.39, 0.29) is 20.1 Å². The molecule has 0 atom stereocenters. The van der Waals surface area contributed by atoms with E-state index in [9.17, 15) is 0 Å². The molecule has 0 spiro atoms. The minimum Gasteiger partial charge on any atom is -0.477 e. The molecule has 8 nitrogen and oxygen atoms in total. The first-order valence-corrected chi connectivity index (χ1v) is 16.8. The summed E-state index contributed by atoms with van der Waals surface area (Å²) in [6.07, 6.45) is 6.87. The minimum atomic E-state index is 0. The van der Waals surface area contributed by atoms with Crippen LogP contribution in [0.3, 0.4) is 0 Å². The molecule has 9 heteroatoms. The van der Waals surface area contributed by atoms with Gasteiger partial charge in [-0.2, -0.15) is 48.5 Å². The van der Waals surface area contributed by atoms with Crippen molar-refractivity contribution < 1.29 is 20.1 Å². The summed E-state index contributed by atoms with van der Waals surface area (Å²) in [6, 6.07) is 49.6. The first-order chi connectivity index (χ1) is 25.2. The molecular formula is C43H34IrN8-4. The fourth-order valence-electron chi connectivity index (χ4n) is 6.24. The molecule has 1 radical (unpaired) electrons. The Balaban J connectivity index is 0.000000168. The van der Waals surface area contributed by atoms with Crippen molar-refractivity contribution in [2.75, 3.05) is 19.6 Å². The van der Waals surface area contributed by atoms with Gasteiger partial charge in [-0.15, -0.1) is 36.3 Å². The molecule has 0 bridgehead atoms. The molecule has 2 aliphatic rings. The predicted octanol–water partition coefficient (Wildman–Crippen LogP) is 10.2. The van der Waals surface area contributed by atoms with Crippen molar-refractivity contribution in [1.82, 2.24) is 19.9 Å². The molecule has 0 fully saturated rings. The third-order valence-corrected chi connectivity index (χ3v) is 8.66. The molecule has 9 rings (SSSR count). The van der Waals surface area contributed by atoms with Crippen LogP contribution in [0.1, 0.15) is 25.3 Å². The average Bonchev–Trinajstić information content (AvgIpc) is 3.79. The zero-order valence-electron chi connectivity index (χ0n) is 28.6. The maximum absolute atomic E-state index is 4.61. The standard InChI is InChI=1S/C26H22N4.C17H12N4.Ir/c1-19(2)23-13-6-7-14-24(23)20-9-8-12-22(17-20)30-18-29(21-10-4-3-5-11-21)25-26(30)28-16-15-27-25;1-3-7-14(8-4-1)20-13-21(15-9-5-2-6-10-15)17-16(20)18-11-12-19-17;/h3-11,13-19H,1-2H3;1-9,11-13H;/q2*-2;. The Morgan fingerprint density at radius 3 is 1.52 bits per heavy atom. The summed E-state index contributed by atoms with van der Waals surface area (Å²) in [4.78, 5) is 26.3. The van der Waals surface area contributed by atoms with Gasteiger partial charge in [-0.1, -0.05) is 74.5 Å². The van der Waals surface area contributed by atoms with Crippen molar-refractivity contribution in [2.45, 2.75) is 19.8 Å². The number of rotatable bonds is 6. The van der Waals surface area contributed by atoms with E-state index in [1.165, 1.54) is 16.7 Å². The molecule has 4 heterocycles. The second-order valence-corrected chi connectivity index (χ2v) is 12.2. The maximum atomic E-state index is 4.61. The molecule has 0 saturated carbocycles. The summed E-state index contributed by atoms with van der Waals surface area (Å²) in [6.45, 7) is 8.48. The fraction of sp³-hybridized carbons (Fsp3) is 0.0698. The molecule has 2 aliphatic heterocycles. The fourth-order valence-corrected chi connectivity index (χ4v) is 6.24. The molecule has 0 unspecified atom stereocenters. The zero-order chi connectivity index (χ0) is 34.6. The van der Waals surface area contributed by atoms with E-state index in [1.807, 2.05) is 102 Å². The number of benzene rings is 5. The van der Waals surface area contributed by atoms with E-state index in [0.717, 1.165) is 46.0 Å². The maximum Gasteiger partial charge on any atom is 0.145 e. The van der Waals surface area contributed by atoms with Crippen molar-refractivity contribution in [1.29, 1.82) is 0 Å². The summed E-state index contributed by atoms with van der Waals surface area (Å²) in [5.74, 6) is 3.69. The summed E-state index contributed by atoms with van der Waals surface area (Å²) in [5, 5.41) is 0. The molecule has 259 valence electrons. The molecule has 2 aromatic heterocycles. The van der Waals surface area contributed by atoms with E-state index in [4.69, 9.17) is 0 Å². The third kappa shape index (κ3) is 6.89. The quantitative estimate of drug-likeness (QED) is 0.153. The van der Waals surface area contributed by atoms with Gasteiger partial charge in [-0.25, -0.2) is 19.9 Å². The Morgan fingerprint density at radius 1 is 0.500 bits per heavy atom. The molecule has 7 aromatic rings. The van der Waals surface area contributed by atoms with Crippen LogP contribution in [0, 0.1) is 25.5 Å².